The molecule has 0 radical (unpaired) electrons. The Hall–Kier alpha value is -2.33. The Morgan fingerprint density at radius 2 is 2.03 bits per heavy atom. The van der Waals surface area contributed by atoms with Gasteiger partial charge in [-0.1, -0.05) is 23.5 Å². The van der Waals surface area contributed by atoms with E-state index in [1.807, 2.05) is 41.1 Å². The average Bonchev–Trinajstić information content (AvgIpc) is 3.44. The lowest BCUT2D eigenvalue weighted by Crippen LogP contribution is -2.39. The predicted octanol–water partition coefficient (Wildman–Crippen LogP) is 2.55. The second kappa shape index (κ2) is 8.58. The number of thiophene rings is 2. The van der Waals surface area contributed by atoms with Crippen molar-refractivity contribution in [2.75, 3.05) is 20.3 Å². The van der Waals surface area contributed by atoms with Crippen LogP contribution >= 0.6 is 34.0 Å². The molecule has 1 aliphatic rings. The van der Waals surface area contributed by atoms with Crippen molar-refractivity contribution in [2.24, 2.45) is 4.99 Å². The Morgan fingerprint density at radius 3 is 2.72 bits per heavy atom. The molecule has 0 unspecified atom stereocenters. The number of allylic oxidation sites excluding steroid dienone is 1. The van der Waals surface area contributed by atoms with Gasteiger partial charge in [-0.05, 0) is 35.9 Å². The van der Waals surface area contributed by atoms with Crippen molar-refractivity contribution in [2.45, 2.75) is 13.0 Å². The van der Waals surface area contributed by atoms with E-state index in [-0.39, 0.29) is 12.2 Å². The largest absolute Gasteiger partial charge is 0.460 e. The third kappa shape index (κ3) is 3.91. The highest BCUT2D eigenvalue weighted by atomic mass is 32.1. The van der Waals surface area contributed by atoms with Gasteiger partial charge in [0.2, 0.25) is 0 Å². The van der Waals surface area contributed by atoms with Crippen molar-refractivity contribution in [3.05, 3.63) is 75.7 Å². The van der Waals surface area contributed by atoms with E-state index in [0.29, 0.717) is 27.2 Å². The number of carbonyl (C=O) groups is 1. The van der Waals surface area contributed by atoms with E-state index in [0.717, 1.165) is 9.75 Å². The van der Waals surface area contributed by atoms with Gasteiger partial charge in [-0.3, -0.25) is 9.36 Å². The van der Waals surface area contributed by atoms with E-state index < -0.39 is 12.0 Å². The summed E-state index contributed by atoms with van der Waals surface area (Å²) in [5, 5.41) is 3.90. The summed E-state index contributed by atoms with van der Waals surface area (Å²) < 4.78 is 12.5. The zero-order valence-electron chi connectivity index (χ0n) is 15.8. The third-order valence-corrected chi connectivity index (χ3v) is 7.12. The Kier molecular flexibility index (Phi) is 5.91. The van der Waals surface area contributed by atoms with Crippen molar-refractivity contribution < 1.29 is 14.3 Å². The van der Waals surface area contributed by atoms with Gasteiger partial charge in [-0.15, -0.1) is 22.7 Å². The monoisotopic (exact) mass is 446 g/mol. The van der Waals surface area contributed by atoms with Crippen LogP contribution in [0.2, 0.25) is 0 Å². The molecule has 1 aliphatic heterocycles. The van der Waals surface area contributed by atoms with Crippen LogP contribution in [-0.4, -0.2) is 30.9 Å². The van der Waals surface area contributed by atoms with E-state index in [1.165, 1.54) is 22.7 Å². The van der Waals surface area contributed by atoms with Crippen molar-refractivity contribution in [3.63, 3.8) is 0 Å². The topological polar surface area (TPSA) is 69.9 Å². The molecule has 29 heavy (non-hydrogen) atoms. The molecule has 1 atom stereocenters. The van der Waals surface area contributed by atoms with Gasteiger partial charge in [0.05, 0.1) is 22.4 Å². The smallest absolute Gasteiger partial charge is 0.338 e. The van der Waals surface area contributed by atoms with E-state index >= 15 is 0 Å². The fourth-order valence-corrected chi connectivity index (χ4v) is 5.69. The minimum Gasteiger partial charge on any atom is -0.460 e. The standard InChI is InChI=1S/C20H18N2O4S3/c1-12-16(19(24)26-8-7-25-2)17(14-6-4-10-28-14)22-18(23)15(29-20(22)21-12)11-13-5-3-9-27-13/h3-6,9-11,17H,7-8H2,1-2H3/b15-11-/t17-/m1/s1. The fourth-order valence-electron chi connectivity index (χ4n) is 3.10. The van der Waals surface area contributed by atoms with Crippen molar-refractivity contribution >= 4 is 46.1 Å². The molecule has 3 aromatic rings. The molecular weight excluding hydrogens is 428 g/mol. The van der Waals surface area contributed by atoms with Gasteiger partial charge in [0.25, 0.3) is 5.56 Å². The summed E-state index contributed by atoms with van der Waals surface area (Å²) in [4.78, 5) is 33.2. The Labute approximate surface area is 178 Å². The van der Waals surface area contributed by atoms with Crippen molar-refractivity contribution in [1.82, 2.24) is 4.57 Å². The summed E-state index contributed by atoms with van der Waals surface area (Å²) >= 11 is 4.40. The number of carbonyl (C=O) groups excluding carboxylic acids is 1. The summed E-state index contributed by atoms with van der Waals surface area (Å²) in [7, 11) is 1.55. The molecule has 0 bridgehead atoms. The number of hydrogen-bond donors (Lipinski definition) is 0. The maximum absolute atomic E-state index is 13.3. The van der Waals surface area contributed by atoms with Crippen LogP contribution in [0.5, 0.6) is 0 Å². The van der Waals surface area contributed by atoms with Crippen LogP contribution in [0.3, 0.4) is 0 Å². The van der Waals surface area contributed by atoms with Gasteiger partial charge >= 0.3 is 5.97 Å². The first-order valence-electron chi connectivity index (χ1n) is 8.85. The molecule has 0 saturated heterocycles. The van der Waals surface area contributed by atoms with E-state index in [9.17, 15) is 9.59 Å². The van der Waals surface area contributed by atoms with Gasteiger partial charge < -0.3 is 9.47 Å². The molecule has 0 aromatic carbocycles. The van der Waals surface area contributed by atoms with Crippen LogP contribution in [0, 0.1) is 0 Å². The molecule has 150 valence electrons. The average molecular weight is 447 g/mol. The number of esters is 1. The van der Waals surface area contributed by atoms with Crippen molar-refractivity contribution in [3.8, 4) is 0 Å². The highest BCUT2D eigenvalue weighted by Gasteiger charge is 2.33. The highest BCUT2D eigenvalue weighted by molar-refractivity contribution is 7.11. The number of thiazole rings is 1. The van der Waals surface area contributed by atoms with Crippen LogP contribution in [0.4, 0.5) is 0 Å². The SMILES string of the molecule is COCCOC(=O)C1=C(C)N=c2s/c(=C\c3cccs3)c(=O)n2[C@@H]1c1cccs1. The molecule has 4 heterocycles. The molecule has 0 fully saturated rings. The number of aromatic nitrogens is 1. The van der Waals surface area contributed by atoms with Gasteiger partial charge in [0.1, 0.15) is 12.6 Å². The predicted molar refractivity (Wildman–Crippen MR) is 115 cm³/mol. The number of ether oxygens (including phenoxy) is 2. The van der Waals surface area contributed by atoms with Crippen LogP contribution in [-0.2, 0) is 14.3 Å². The molecule has 9 heteroatoms. The van der Waals surface area contributed by atoms with E-state index in [4.69, 9.17) is 9.47 Å². The molecule has 3 aromatic heterocycles. The summed E-state index contributed by atoms with van der Waals surface area (Å²) in [6, 6.07) is 7.19. The Bertz CT molecular complexity index is 1220. The summed E-state index contributed by atoms with van der Waals surface area (Å²) in [5.74, 6) is -0.478. The molecule has 0 N–H and O–H groups in total. The molecular formula is C20H18N2O4S3. The lowest BCUT2D eigenvalue weighted by Gasteiger charge is -2.23. The van der Waals surface area contributed by atoms with Crippen LogP contribution in [0.25, 0.3) is 6.08 Å². The second-order valence-electron chi connectivity index (χ2n) is 6.24. The summed E-state index contributed by atoms with van der Waals surface area (Å²) in [6.45, 7) is 2.23. The minimum absolute atomic E-state index is 0.145. The Morgan fingerprint density at radius 1 is 1.24 bits per heavy atom. The van der Waals surface area contributed by atoms with Gasteiger partial charge in [0.15, 0.2) is 4.80 Å². The summed E-state index contributed by atoms with van der Waals surface area (Å²) in [5.41, 5.74) is 0.795. The minimum atomic E-state index is -0.549. The quantitative estimate of drug-likeness (QED) is 0.431. The van der Waals surface area contributed by atoms with E-state index in [1.54, 1.807) is 29.9 Å². The lowest BCUT2D eigenvalue weighted by molar-refractivity contribution is -0.140. The number of hydrogen-bond acceptors (Lipinski definition) is 8. The fraction of sp³-hybridized carbons (Fsp3) is 0.250. The van der Waals surface area contributed by atoms with Crippen LogP contribution in [0.15, 0.2) is 56.1 Å². The second-order valence-corrected chi connectivity index (χ2v) is 9.21. The zero-order chi connectivity index (χ0) is 20.4. The first-order chi connectivity index (χ1) is 14.1. The molecule has 0 saturated carbocycles. The van der Waals surface area contributed by atoms with Crippen LogP contribution in [0.1, 0.15) is 22.7 Å². The lowest BCUT2D eigenvalue weighted by atomic mass is 10.0. The Balaban J connectivity index is 1.86. The van der Waals surface area contributed by atoms with Crippen molar-refractivity contribution in [1.29, 1.82) is 0 Å². The normalized spacial score (nSPS) is 16.6. The van der Waals surface area contributed by atoms with E-state index in [2.05, 4.69) is 4.99 Å². The molecule has 0 spiro atoms. The molecule has 6 nitrogen and oxygen atoms in total. The maximum atomic E-state index is 13.3. The molecule has 4 rings (SSSR count). The number of methoxy groups -OCH3 is 1. The van der Waals surface area contributed by atoms with Gasteiger partial charge in [-0.25, -0.2) is 9.79 Å². The summed E-state index contributed by atoms with van der Waals surface area (Å²) in [6.07, 6.45) is 1.87. The third-order valence-electron chi connectivity index (χ3n) is 4.39. The highest BCUT2D eigenvalue weighted by Crippen LogP contribution is 2.33. The molecule has 0 aliphatic carbocycles. The van der Waals surface area contributed by atoms with Crippen LogP contribution < -0.4 is 14.9 Å². The number of nitrogens with zero attached hydrogens (tertiary/aromatic N) is 2. The molecule has 0 amide bonds. The first-order valence-corrected chi connectivity index (χ1v) is 11.4. The maximum Gasteiger partial charge on any atom is 0.338 e. The number of fused-ring (bicyclic) bond motifs is 1. The first kappa shape index (κ1) is 20.0. The number of rotatable bonds is 6. The van der Waals surface area contributed by atoms with Gasteiger partial charge in [-0.2, -0.15) is 0 Å². The zero-order valence-corrected chi connectivity index (χ0v) is 18.2. The van der Waals surface area contributed by atoms with Gasteiger partial charge in [0, 0.05) is 16.9 Å².